The molecule has 0 saturated heterocycles. The first-order valence-electron chi connectivity index (χ1n) is 7.93. The molecule has 0 rings (SSSR count). The number of rotatable bonds is 18. The Morgan fingerprint density at radius 2 is 0.514 bits per heavy atom. The SMILES string of the molecule is O=[N+]([O-])C(COC(OCC([N+](=O)[O-])([N+](=O)[O-])[N+](=O)[O-])OCC([N+](=O)[O-])([N+](=O)[O-])[N+](=O)[O-])([N+](=O)[O-])[N+](=O)[O-]. The molecule has 0 N–H and O–H groups in total. The van der Waals surface area contributed by atoms with Crippen LogP contribution < -0.4 is 0 Å². The van der Waals surface area contributed by atoms with Gasteiger partial charge in [0.2, 0.25) is 0 Å². The molecule has 206 valence electrons. The summed E-state index contributed by atoms with van der Waals surface area (Å²) >= 11 is 0. The van der Waals surface area contributed by atoms with Gasteiger partial charge in [0.25, 0.3) is 26.3 Å². The van der Waals surface area contributed by atoms with Gasteiger partial charge < -0.3 is 14.2 Å². The van der Waals surface area contributed by atoms with Crippen LogP contribution in [0.15, 0.2) is 0 Å². The van der Waals surface area contributed by atoms with Crippen molar-refractivity contribution in [2.75, 3.05) is 19.8 Å². The Hall–Kier alpha value is -5.52. The summed E-state index contributed by atoms with van der Waals surface area (Å²) in [5.41, 5.74) is 0. The van der Waals surface area contributed by atoms with Crippen molar-refractivity contribution in [2.24, 2.45) is 0 Å². The molecule has 0 aliphatic carbocycles. The molecule has 0 heterocycles. The van der Waals surface area contributed by atoms with Crippen molar-refractivity contribution in [3.63, 3.8) is 0 Å². The second-order valence-corrected chi connectivity index (χ2v) is 5.86. The van der Waals surface area contributed by atoms with Gasteiger partial charge in [0.05, 0.1) is 0 Å². The minimum atomic E-state index is -4.58. The van der Waals surface area contributed by atoms with Crippen LogP contribution in [0.5, 0.6) is 0 Å². The highest BCUT2D eigenvalue weighted by molar-refractivity contribution is 4.57. The van der Waals surface area contributed by atoms with Gasteiger partial charge in [-0.2, -0.15) is 0 Å². The monoisotopic (exact) mass is 553 g/mol. The number of ether oxygens (including phenoxy) is 3. The molecular weight excluding hydrogens is 546 g/mol. The minimum Gasteiger partial charge on any atom is -0.306 e. The topological polar surface area (TPSA) is 416 Å². The Balaban J connectivity index is 6.50. The van der Waals surface area contributed by atoms with Crippen LogP contribution in [0.2, 0.25) is 0 Å². The summed E-state index contributed by atoms with van der Waals surface area (Å²) in [6.07, 6.45) is 0. The zero-order valence-electron chi connectivity index (χ0n) is 16.8. The molecule has 30 heteroatoms. The Morgan fingerprint density at radius 1 is 0.378 bits per heavy atom. The van der Waals surface area contributed by atoms with E-state index in [0.717, 1.165) is 0 Å². The lowest BCUT2D eigenvalue weighted by Crippen LogP contribution is -2.60. The Morgan fingerprint density at radius 3 is 0.622 bits per heavy atom. The standard InChI is InChI=1S/C7H7N9O21/c17-8(18)5(9(19)20,10(21)22)1-35-4(36-2-6(11(23)24,12(25)26)13(27)28)37-3-7(14(29)30,15(31)32)16(33)34/h4H,1-3H2. The molecule has 0 bridgehead atoms. The van der Waals surface area contributed by atoms with Crippen molar-refractivity contribution < 1.29 is 58.5 Å². The van der Waals surface area contributed by atoms with E-state index < -0.39 is 88.0 Å². The predicted molar refractivity (Wildman–Crippen MR) is 92.8 cm³/mol. The summed E-state index contributed by atoms with van der Waals surface area (Å²) in [5, 5.41) is 98.2. The van der Waals surface area contributed by atoms with E-state index in [0.29, 0.717) is 0 Å². The van der Waals surface area contributed by atoms with Crippen LogP contribution in [0.4, 0.5) is 0 Å². The van der Waals surface area contributed by atoms with Gasteiger partial charge in [0, 0.05) is 0 Å². The van der Waals surface area contributed by atoms with Gasteiger partial charge in [-0.05, 0) is 0 Å². The molecule has 0 aromatic heterocycles. The van der Waals surface area contributed by atoms with Crippen molar-refractivity contribution in [1.82, 2.24) is 0 Å². The van der Waals surface area contributed by atoms with Gasteiger partial charge in [0.1, 0.15) is 0 Å². The van der Waals surface area contributed by atoms with Crippen LogP contribution in [-0.4, -0.2) is 88.0 Å². The van der Waals surface area contributed by atoms with Crippen LogP contribution >= 0.6 is 0 Å². The van der Waals surface area contributed by atoms with Crippen molar-refractivity contribution in [1.29, 1.82) is 0 Å². The molecule has 0 saturated carbocycles. The first-order chi connectivity index (χ1) is 16.8. The third-order valence-corrected chi connectivity index (χ3v) is 3.87. The van der Waals surface area contributed by atoms with E-state index >= 15 is 0 Å². The highest BCUT2D eigenvalue weighted by Gasteiger charge is 2.74. The van der Waals surface area contributed by atoms with E-state index in [1.165, 1.54) is 0 Å². The zero-order chi connectivity index (χ0) is 29.5. The second-order valence-electron chi connectivity index (χ2n) is 5.86. The van der Waals surface area contributed by atoms with Crippen molar-refractivity contribution >= 4 is 0 Å². The van der Waals surface area contributed by atoms with Gasteiger partial charge in [0.15, 0.2) is 44.3 Å². The van der Waals surface area contributed by atoms with Crippen LogP contribution in [0, 0.1) is 91.0 Å². The van der Waals surface area contributed by atoms with Crippen molar-refractivity contribution in [3.8, 4) is 0 Å². The molecule has 30 nitrogen and oxygen atoms in total. The molecule has 0 aromatic rings. The average Bonchev–Trinajstić information content (AvgIpc) is 2.71. The average molecular weight is 553 g/mol. The van der Waals surface area contributed by atoms with Crippen LogP contribution in [-0.2, 0) is 14.2 Å². The summed E-state index contributed by atoms with van der Waals surface area (Å²) in [4.78, 5) is 78.3. The maximum Gasteiger partial charge on any atom is 0.723 e. The molecule has 0 radical (unpaired) electrons. The second kappa shape index (κ2) is 11.3. The van der Waals surface area contributed by atoms with Crippen LogP contribution in [0.1, 0.15) is 0 Å². The maximum absolute atomic E-state index is 10.9. The van der Waals surface area contributed by atoms with Gasteiger partial charge in [-0.1, -0.05) is 0 Å². The van der Waals surface area contributed by atoms with Crippen molar-refractivity contribution in [3.05, 3.63) is 91.0 Å². The number of hydrogen-bond acceptors (Lipinski definition) is 21. The van der Waals surface area contributed by atoms with Gasteiger partial charge >= 0.3 is 17.4 Å². The van der Waals surface area contributed by atoms with Crippen LogP contribution in [0.3, 0.4) is 0 Å². The third-order valence-electron chi connectivity index (χ3n) is 3.87. The lowest BCUT2D eigenvalue weighted by Gasteiger charge is -2.19. The summed E-state index contributed by atoms with van der Waals surface area (Å²) in [7, 11) is 0. The molecular formula is C7H7N9O21. The van der Waals surface area contributed by atoms with Gasteiger partial charge in [-0.3, -0.25) is 91.0 Å². The first-order valence-corrected chi connectivity index (χ1v) is 7.93. The fourth-order valence-corrected chi connectivity index (χ4v) is 1.76. The predicted octanol–water partition coefficient (Wildman–Crippen LogP) is -3.23. The van der Waals surface area contributed by atoms with E-state index in [-0.39, 0.29) is 0 Å². The lowest BCUT2D eigenvalue weighted by atomic mass is 10.4. The van der Waals surface area contributed by atoms with E-state index in [9.17, 15) is 91.0 Å². The number of nitrogens with zero attached hydrogens (tertiary/aromatic N) is 9. The van der Waals surface area contributed by atoms with Gasteiger partial charge in [-0.15, -0.1) is 0 Å². The Labute approximate surface area is 194 Å². The maximum atomic E-state index is 10.9. The highest BCUT2D eigenvalue weighted by Crippen LogP contribution is 2.20. The highest BCUT2D eigenvalue weighted by atomic mass is 16.9. The molecule has 0 aliphatic heterocycles. The summed E-state index contributed by atoms with van der Waals surface area (Å²) < 4.78 is 12.2. The molecule has 0 aromatic carbocycles. The van der Waals surface area contributed by atoms with Crippen LogP contribution in [0.25, 0.3) is 0 Å². The largest absolute Gasteiger partial charge is 0.723 e. The molecule has 0 spiro atoms. The quantitative estimate of drug-likeness (QED) is 0.0913. The number of nitro groups is 9. The molecule has 37 heavy (non-hydrogen) atoms. The molecule has 0 amide bonds. The molecule has 0 atom stereocenters. The smallest absolute Gasteiger partial charge is 0.306 e. The van der Waals surface area contributed by atoms with Crippen molar-refractivity contribution in [2.45, 2.75) is 23.8 Å². The first kappa shape index (κ1) is 31.5. The Bertz CT molecular complexity index is 801. The normalized spacial score (nSPS) is 11.9. The van der Waals surface area contributed by atoms with E-state index in [1.54, 1.807) is 0 Å². The number of hydrogen-bond donors (Lipinski definition) is 0. The summed E-state index contributed by atoms with van der Waals surface area (Å²) in [6.45, 7) is -10.8. The molecule has 0 aliphatic rings. The summed E-state index contributed by atoms with van der Waals surface area (Å²) in [5.74, 6) is -13.7. The fourth-order valence-electron chi connectivity index (χ4n) is 1.76. The molecule has 0 unspecified atom stereocenters. The third kappa shape index (κ3) is 5.59. The zero-order valence-corrected chi connectivity index (χ0v) is 16.8. The van der Waals surface area contributed by atoms with E-state index in [2.05, 4.69) is 14.2 Å². The minimum absolute atomic E-state index is 2.21. The molecule has 0 fully saturated rings. The lowest BCUT2D eigenvalue weighted by molar-refractivity contribution is -0.974. The van der Waals surface area contributed by atoms with Gasteiger partial charge in [-0.25, -0.2) is 0 Å². The fraction of sp³-hybridized carbons (Fsp3) is 1.00. The van der Waals surface area contributed by atoms with E-state index in [1.807, 2.05) is 0 Å². The summed E-state index contributed by atoms with van der Waals surface area (Å²) in [6, 6.07) is 0. The van der Waals surface area contributed by atoms with E-state index in [4.69, 9.17) is 0 Å². The Kier molecular flexibility index (Phi) is 9.59.